The van der Waals surface area contributed by atoms with Crippen LogP contribution in [0.2, 0.25) is 0 Å². The van der Waals surface area contributed by atoms with Crippen molar-refractivity contribution in [3.05, 3.63) is 39.9 Å². The molecule has 0 bridgehead atoms. The fourth-order valence-corrected chi connectivity index (χ4v) is 2.07. The summed E-state index contributed by atoms with van der Waals surface area (Å²) < 4.78 is 5.05. The summed E-state index contributed by atoms with van der Waals surface area (Å²) in [6.45, 7) is 2.57. The van der Waals surface area contributed by atoms with Gasteiger partial charge in [-0.1, -0.05) is 0 Å². The largest absolute Gasteiger partial charge is 0.459 e. The number of nitrogens with zero attached hydrogens (tertiary/aromatic N) is 1. The van der Waals surface area contributed by atoms with Crippen LogP contribution < -0.4 is 22.1 Å². The number of carbonyl (C=O) groups is 4. The van der Waals surface area contributed by atoms with Gasteiger partial charge in [0.15, 0.2) is 0 Å². The minimum Gasteiger partial charge on any atom is -0.459 e. The quantitative estimate of drug-likeness (QED) is 0.211. The molecule has 0 aliphatic carbocycles. The molecule has 0 aromatic heterocycles. The number of rotatable bonds is 10. The topological polar surface area (TPSA) is 197 Å². The summed E-state index contributed by atoms with van der Waals surface area (Å²) >= 11 is 0. The highest BCUT2D eigenvalue weighted by Crippen LogP contribution is 2.13. The molecule has 0 spiro atoms. The number of nitro groups is 1. The lowest BCUT2D eigenvalue weighted by atomic mass is 10.1. The SMILES string of the molecule is C[C@H](N)C(=O)N[C@@H](C)C(=O)N[C@@H](CC(N)=O)C(=O)OCc1ccc([N+](=O)[O-])cc1. The number of hydrogen-bond donors (Lipinski definition) is 4. The van der Waals surface area contributed by atoms with E-state index < -0.39 is 53.2 Å². The number of esters is 1. The lowest BCUT2D eigenvalue weighted by molar-refractivity contribution is -0.384. The predicted molar refractivity (Wildman–Crippen MR) is 99.9 cm³/mol. The molecular formula is C17H23N5O7. The summed E-state index contributed by atoms with van der Waals surface area (Å²) in [6.07, 6.45) is -0.515. The molecule has 12 heteroatoms. The third-order valence-corrected chi connectivity index (χ3v) is 3.70. The van der Waals surface area contributed by atoms with E-state index in [2.05, 4.69) is 10.6 Å². The molecule has 12 nitrogen and oxygen atoms in total. The van der Waals surface area contributed by atoms with Crippen molar-refractivity contribution in [3.8, 4) is 0 Å². The second-order valence-corrected chi connectivity index (χ2v) is 6.28. The van der Waals surface area contributed by atoms with Gasteiger partial charge in [-0.05, 0) is 31.5 Å². The van der Waals surface area contributed by atoms with Crippen LogP contribution in [0.4, 0.5) is 5.69 Å². The van der Waals surface area contributed by atoms with E-state index in [-0.39, 0.29) is 12.3 Å². The van der Waals surface area contributed by atoms with E-state index in [0.29, 0.717) is 5.56 Å². The number of primary amides is 1. The van der Waals surface area contributed by atoms with Crippen molar-refractivity contribution in [2.24, 2.45) is 11.5 Å². The van der Waals surface area contributed by atoms with Gasteiger partial charge in [-0.3, -0.25) is 24.5 Å². The van der Waals surface area contributed by atoms with Crippen molar-refractivity contribution in [3.63, 3.8) is 0 Å². The zero-order valence-corrected chi connectivity index (χ0v) is 15.9. The van der Waals surface area contributed by atoms with E-state index in [1.807, 2.05) is 0 Å². The Balaban J connectivity index is 2.71. The van der Waals surface area contributed by atoms with Crippen molar-refractivity contribution in [2.45, 2.75) is 45.0 Å². The standard InChI is InChI=1S/C17H23N5O7/c1-9(18)15(24)20-10(2)16(25)21-13(7-14(19)23)17(26)29-8-11-3-5-12(6-4-11)22(27)28/h3-6,9-10,13H,7-8,18H2,1-2H3,(H2,19,23)(H,20,24)(H,21,25)/t9-,10-,13-/m0/s1. The number of benzene rings is 1. The number of hydrogen-bond acceptors (Lipinski definition) is 8. The van der Waals surface area contributed by atoms with Gasteiger partial charge in [0.2, 0.25) is 17.7 Å². The average molecular weight is 409 g/mol. The molecule has 0 aliphatic rings. The van der Waals surface area contributed by atoms with E-state index >= 15 is 0 Å². The van der Waals surface area contributed by atoms with Crippen LogP contribution >= 0.6 is 0 Å². The molecule has 0 radical (unpaired) electrons. The smallest absolute Gasteiger partial charge is 0.329 e. The zero-order chi connectivity index (χ0) is 22.1. The first-order valence-electron chi connectivity index (χ1n) is 8.55. The fraction of sp³-hybridized carbons (Fsp3) is 0.412. The monoisotopic (exact) mass is 409 g/mol. The van der Waals surface area contributed by atoms with Crippen LogP contribution in [-0.4, -0.2) is 46.7 Å². The maximum Gasteiger partial charge on any atom is 0.329 e. The molecule has 1 rings (SSSR count). The molecule has 0 fully saturated rings. The predicted octanol–water partition coefficient (Wildman–Crippen LogP) is -1.15. The molecule has 0 unspecified atom stereocenters. The van der Waals surface area contributed by atoms with Crippen LogP contribution in [0.3, 0.4) is 0 Å². The first-order chi connectivity index (χ1) is 13.5. The van der Waals surface area contributed by atoms with Crippen LogP contribution in [0.5, 0.6) is 0 Å². The third kappa shape index (κ3) is 7.92. The Morgan fingerprint density at radius 1 is 1.10 bits per heavy atom. The second kappa shape index (κ2) is 10.7. The van der Waals surface area contributed by atoms with Gasteiger partial charge in [-0.2, -0.15) is 0 Å². The molecule has 29 heavy (non-hydrogen) atoms. The van der Waals surface area contributed by atoms with Crippen LogP contribution in [0, 0.1) is 10.1 Å². The minimum atomic E-state index is -1.37. The Bertz CT molecular complexity index is 779. The van der Waals surface area contributed by atoms with Gasteiger partial charge in [0.1, 0.15) is 18.7 Å². The van der Waals surface area contributed by atoms with Gasteiger partial charge in [-0.15, -0.1) is 0 Å². The van der Waals surface area contributed by atoms with Gasteiger partial charge in [0.25, 0.3) is 5.69 Å². The molecule has 1 aromatic rings. The summed E-state index contributed by atoms with van der Waals surface area (Å²) in [5.74, 6) is -3.09. The summed E-state index contributed by atoms with van der Waals surface area (Å²) in [5, 5.41) is 15.3. The third-order valence-electron chi connectivity index (χ3n) is 3.70. The summed E-state index contributed by atoms with van der Waals surface area (Å²) in [4.78, 5) is 57.3. The maximum absolute atomic E-state index is 12.3. The summed E-state index contributed by atoms with van der Waals surface area (Å²) in [6, 6.07) is 2.07. The van der Waals surface area contributed by atoms with Gasteiger partial charge in [0.05, 0.1) is 17.4 Å². The minimum absolute atomic E-state index is 0.123. The Morgan fingerprint density at radius 3 is 2.17 bits per heavy atom. The molecule has 0 saturated heterocycles. The molecule has 3 atom stereocenters. The molecule has 0 heterocycles. The van der Waals surface area contributed by atoms with Gasteiger partial charge >= 0.3 is 5.97 Å². The number of non-ortho nitro benzene ring substituents is 1. The molecule has 158 valence electrons. The first-order valence-corrected chi connectivity index (χ1v) is 8.55. The maximum atomic E-state index is 12.3. The normalized spacial score (nSPS) is 13.5. The highest BCUT2D eigenvalue weighted by atomic mass is 16.6. The fourth-order valence-electron chi connectivity index (χ4n) is 2.07. The van der Waals surface area contributed by atoms with E-state index in [1.165, 1.54) is 38.1 Å². The molecule has 6 N–H and O–H groups in total. The first kappa shape index (κ1) is 23.5. The zero-order valence-electron chi connectivity index (χ0n) is 15.9. The number of amides is 3. The lowest BCUT2D eigenvalue weighted by Crippen LogP contribution is -2.53. The Morgan fingerprint density at radius 2 is 1.69 bits per heavy atom. The van der Waals surface area contributed by atoms with Crippen molar-refractivity contribution in [1.29, 1.82) is 0 Å². The Kier molecular flexibility index (Phi) is 8.68. The van der Waals surface area contributed by atoms with E-state index in [1.54, 1.807) is 0 Å². The number of nitrogens with two attached hydrogens (primary N) is 2. The molecular weight excluding hydrogens is 386 g/mol. The molecule has 1 aromatic carbocycles. The Labute approximate surface area is 166 Å². The average Bonchev–Trinajstić information content (AvgIpc) is 2.65. The van der Waals surface area contributed by atoms with Gasteiger partial charge < -0.3 is 26.8 Å². The van der Waals surface area contributed by atoms with Crippen molar-refractivity contribution >= 4 is 29.4 Å². The molecule has 0 saturated carbocycles. The van der Waals surface area contributed by atoms with Gasteiger partial charge in [-0.25, -0.2) is 4.79 Å². The molecule has 0 aliphatic heterocycles. The van der Waals surface area contributed by atoms with Gasteiger partial charge in [0, 0.05) is 12.1 Å². The van der Waals surface area contributed by atoms with Crippen LogP contribution in [0.25, 0.3) is 0 Å². The van der Waals surface area contributed by atoms with Crippen LogP contribution in [0.15, 0.2) is 24.3 Å². The summed E-state index contributed by atoms with van der Waals surface area (Å²) in [5.41, 5.74) is 10.9. The van der Waals surface area contributed by atoms with Crippen LogP contribution in [0.1, 0.15) is 25.8 Å². The van der Waals surface area contributed by atoms with Crippen LogP contribution in [-0.2, 0) is 30.5 Å². The van der Waals surface area contributed by atoms with E-state index in [0.717, 1.165) is 0 Å². The van der Waals surface area contributed by atoms with E-state index in [4.69, 9.17) is 16.2 Å². The van der Waals surface area contributed by atoms with E-state index in [9.17, 15) is 29.3 Å². The number of nitrogens with one attached hydrogen (secondary N) is 2. The summed E-state index contributed by atoms with van der Waals surface area (Å²) in [7, 11) is 0. The number of ether oxygens (including phenoxy) is 1. The highest BCUT2D eigenvalue weighted by Gasteiger charge is 2.27. The highest BCUT2D eigenvalue weighted by molar-refractivity contribution is 5.93. The Hall–Kier alpha value is -3.54. The second-order valence-electron chi connectivity index (χ2n) is 6.28. The van der Waals surface area contributed by atoms with Crippen molar-refractivity contribution < 1.29 is 28.8 Å². The number of carbonyl (C=O) groups excluding carboxylic acids is 4. The van der Waals surface area contributed by atoms with Crippen molar-refractivity contribution in [1.82, 2.24) is 10.6 Å². The number of nitro benzene ring substituents is 1. The van der Waals surface area contributed by atoms with Crippen molar-refractivity contribution in [2.75, 3.05) is 0 Å². The lowest BCUT2D eigenvalue weighted by Gasteiger charge is -2.20. The molecule has 3 amide bonds.